The van der Waals surface area contributed by atoms with Crippen LogP contribution in [0.15, 0.2) is 24.3 Å². The number of aliphatic hydroxyl groups is 1. The van der Waals surface area contributed by atoms with Crippen molar-refractivity contribution in [3.05, 3.63) is 29.8 Å². The first-order valence-corrected chi connectivity index (χ1v) is 7.72. The van der Waals surface area contributed by atoms with Crippen molar-refractivity contribution in [1.29, 1.82) is 0 Å². The number of carbonyl (C=O) groups is 2. The molecule has 3 amide bonds. The number of anilines is 1. The molecule has 22 heavy (non-hydrogen) atoms. The Morgan fingerprint density at radius 2 is 2.05 bits per heavy atom. The molecular weight excluding hydrogens is 282 g/mol. The Labute approximate surface area is 129 Å². The highest BCUT2D eigenvalue weighted by atomic mass is 16.3. The van der Waals surface area contributed by atoms with E-state index in [2.05, 4.69) is 5.32 Å². The van der Waals surface area contributed by atoms with Crippen LogP contribution in [0.3, 0.4) is 0 Å². The zero-order valence-electron chi connectivity index (χ0n) is 12.5. The van der Waals surface area contributed by atoms with Gasteiger partial charge in [-0.3, -0.25) is 4.79 Å². The Morgan fingerprint density at radius 3 is 2.68 bits per heavy atom. The van der Waals surface area contributed by atoms with E-state index in [0.717, 1.165) is 24.9 Å². The van der Waals surface area contributed by atoms with Crippen molar-refractivity contribution in [2.24, 2.45) is 0 Å². The first-order valence-electron chi connectivity index (χ1n) is 7.72. The molecule has 3 rings (SSSR count). The van der Waals surface area contributed by atoms with Gasteiger partial charge in [0.1, 0.15) is 0 Å². The van der Waals surface area contributed by atoms with E-state index in [9.17, 15) is 9.59 Å². The van der Waals surface area contributed by atoms with Gasteiger partial charge in [-0.25, -0.2) is 4.79 Å². The lowest BCUT2D eigenvalue weighted by atomic mass is 10.2. The molecule has 2 heterocycles. The van der Waals surface area contributed by atoms with Gasteiger partial charge in [0.05, 0.1) is 12.6 Å². The van der Waals surface area contributed by atoms with E-state index >= 15 is 0 Å². The van der Waals surface area contributed by atoms with Gasteiger partial charge < -0.3 is 20.2 Å². The Kier molecular flexibility index (Phi) is 4.29. The molecule has 118 valence electrons. The van der Waals surface area contributed by atoms with Crippen LogP contribution in [0.4, 0.5) is 10.5 Å². The molecule has 2 saturated heterocycles. The van der Waals surface area contributed by atoms with Crippen LogP contribution >= 0.6 is 0 Å². The number of benzene rings is 1. The molecule has 2 N–H and O–H groups in total. The minimum absolute atomic E-state index is 0.00804. The Hall–Kier alpha value is -2.08. The largest absolute Gasteiger partial charge is 0.392 e. The van der Waals surface area contributed by atoms with Crippen molar-refractivity contribution < 1.29 is 14.7 Å². The first-order chi connectivity index (χ1) is 10.7. The van der Waals surface area contributed by atoms with E-state index in [0.29, 0.717) is 25.2 Å². The molecule has 2 aliphatic heterocycles. The average Bonchev–Trinajstić information content (AvgIpc) is 3.16. The Balaban J connectivity index is 1.55. The molecule has 1 aromatic rings. The highest BCUT2D eigenvalue weighted by Crippen LogP contribution is 2.22. The highest BCUT2D eigenvalue weighted by Gasteiger charge is 2.34. The number of nitrogens with zero attached hydrogens (tertiary/aromatic N) is 2. The van der Waals surface area contributed by atoms with Gasteiger partial charge in [0.25, 0.3) is 0 Å². The predicted octanol–water partition coefficient (Wildman–Crippen LogP) is 1.41. The van der Waals surface area contributed by atoms with E-state index in [1.54, 1.807) is 29.2 Å². The van der Waals surface area contributed by atoms with Crippen molar-refractivity contribution in [2.45, 2.75) is 31.9 Å². The van der Waals surface area contributed by atoms with Gasteiger partial charge in [0.2, 0.25) is 5.91 Å². The summed E-state index contributed by atoms with van der Waals surface area (Å²) in [6, 6.07) is 7.15. The summed E-state index contributed by atoms with van der Waals surface area (Å²) in [5.74, 6) is 0.215. The predicted molar refractivity (Wildman–Crippen MR) is 82.3 cm³/mol. The number of hydrogen-bond acceptors (Lipinski definition) is 3. The van der Waals surface area contributed by atoms with Gasteiger partial charge in [-0.1, -0.05) is 12.1 Å². The summed E-state index contributed by atoms with van der Waals surface area (Å²) in [6.45, 7) is 2.09. The fraction of sp³-hybridized carbons (Fsp3) is 0.500. The Morgan fingerprint density at radius 1 is 1.27 bits per heavy atom. The SMILES string of the molecule is O=C(Nc1ccc(CO)cc1)N1CCC(N2CCCC2=O)C1. The minimum Gasteiger partial charge on any atom is -0.392 e. The number of aliphatic hydroxyl groups excluding tert-OH is 1. The molecular formula is C16H21N3O3. The van der Waals surface area contributed by atoms with E-state index in [-0.39, 0.29) is 24.6 Å². The van der Waals surface area contributed by atoms with E-state index < -0.39 is 0 Å². The van der Waals surface area contributed by atoms with Crippen molar-refractivity contribution in [3.63, 3.8) is 0 Å². The smallest absolute Gasteiger partial charge is 0.321 e. The molecule has 1 aromatic carbocycles. The molecule has 0 saturated carbocycles. The van der Waals surface area contributed by atoms with E-state index in [4.69, 9.17) is 5.11 Å². The number of nitrogens with one attached hydrogen (secondary N) is 1. The molecule has 6 heteroatoms. The third kappa shape index (κ3) is 3.06. The van der Waals surface area contributed by atoms with Gasteiger partial charge in [0.15, 0.2) is 0 Å². The van der Waals surface area contributed by atoms with Crippen molar-refractivity contribution in [1.82, 2.24) is 9.80 Å². The molecule has 2 fully saturated rings. The van der Waals surface area contributed by atoms with E-state index in [1.807, 2.05) is 4.90 Å². The molecule has 1 unspecified atom stereocenters. The summed E-state index contributed by atoms with van der Waals surface area (Å²) in [5.41, 5.74) is 1.52. The molecule has 0 aliphatic carbocycles. The third-order valence-corrected chi connectivity index (χ3v) is 4.39. The van der Waals surface area contributed by atoms with Gasteiger partial charge in [-0.2, -0.15) is 0 Å². The quantitative estimate of drug-likeness (QED) is 0.886. The maximum atomic E-state index is 12.3. The summed E-state index contributed by atoms with van der Waals surface area (Å²) in [4.78, 5) is 27.7. The van der Waals surface area contributed by atoms with Crippen LogP contribution in [0.1, 0.15) is 24.8 Å². The molecule has 0 spiro atoms. The van der Waals surface area contributed by atoms with Crippen LogP contribution < -0.4 is 5.32 Å². The molecule has 2 aliphatic rings. The fourth-order valence-corrected chi connectivity index (χ4v) is 3.13. The number of urea groups is 1. The van der Waals surface area contributed by atoms with Crippen molar-refractivity contribution in [3.8, 4) is 0 Å². The second kappa shape index (κ2) is 6.36. The number of carbonyl (C=O) groups excluding carboxylic acids is 2. The average molecular weight is 303 g/mol. The van der Waals surface area contributed by atoms with Crippen LogP contribution in [0, 0.1) is 0 Å². The maximum absolute atomic E-state index is 12.3. The topological polar surface area (TPSA) is 72.9 Å². The number of amides is 3. The second-order valence-corrected chi connectivity index (χ2v) is 5.86. The normalized spacial score (nSPS) is 21.5. The first kappa shape index (κ1) is 14.8. The van der Waals surface area contributed by atoms with E-state index in [1.165, 1.54) is 0 Å². The summed E-state index contributed by atoms with van der Waals surface area (Å²) >= 11 is 0. The molecule has 6 nitrogen and oxygen atoms in total. The lowest BCUT2D eigenvalue weighted by molar-refractivity contribution is -0.129. The van der Waals surface area contributed by atoms with Crippen LogP contribution in [0.2, 0.25) is 0 Å². The fourth-order valence-electron chi connectivity index (χ4n) is 3.13. The highest BCUT2D eigenvalue weighted by molar-refractivity contribution is 5.89. The van der Waals surface area contributed by atoms with Crippen molar-refractivity contribution in [2.75, 3.05) is 25.0 Å². The summed E-state index contributed by atoms with van der Waals surface area (Å²) < 4.78 is 0. The standard InChI is InChI=1S/C16H21N3O3/c20-11-12-3-5-13(6-4-12)17-16(22)18-9-7-14(10-18)19-8-1-2-15(19)21/h3-6,14,20H,1-2,7-11H2,(H,17,22). The molecule has 1 atom stereocenters. The maximum Gasteiger partial charge on any atom is 0.321 e. The molecule has 0 bridgehead atoms. The number of hydrogen-bond donors (Lipinski definition) is 2. The Bertz CT molecular complexity index is 558. The zero-order chi connectivity index (χ0) is 15.5. The second-order valence-electron chi connectivity index (χ2n) is 5.86. The lowest BCUT2D eigenvalue weighted by Gasteiger charge is -2.24. The van der Waals surface area contributed by atoms with Gasteiger partial charge in [0, 0.05) is 31.7 Å². The number of likely N-dealkylation sites (tertiary alicyclic amines) is 2. The monoisotopic (exact) mass is 303 g/mol. The molecule has 0 radical (unpaired) electrons. The van der Waals surface area contributed by atoms with Gasteiger partial charge in [-0.05, 0) is 30.5 Å². The van der Waals surface area contributed by atoms with Crippen molar-refractivity contribution >= 4 is 17.6 Å². The summed E-state index contributed by atoms with van der Waals surface area (Å²) in [6.07, 6.45) is 2.42. The van der Waals surface area contributed by atoms with Crippen LogP contribution in [0.5, 0.6) is 0 Å². The zero-order valence-corrected chi connectivity index (χ0v) is 12.5. The van der Waals surface area contributed by atoms with Crippen LogP contribution in [-0.2, 0) is 11.4 Å². The van der Waals surface area contributed by atoms with Gasteiger partial charge >= 0.3 is 6.03 Å². The van der Waals surface area contributed by atoms with Gasteiger partial charge in [-0.15, -0.1) is 0 Å². The third-order valence-electron chi connectivity index (χ3n) is 4.39. The molecule has 0 aromatic heterocycles. The number of rotatable bonds is 3. The lowest BCUT2D eigenvalue weighted by Crippen LogP contribution is -2.40. The van der Waals surface area contributed by atoms with Crippen LogP contribution in [-0.4, -0.2) is 52.5 Å². The van der Waals surface area contributed by atoms with Crippen LogP contribution in [0.25, 0.3) is 0 Å². The summed E-state index contributed by atoms with van der Waals surface area (Å²) in [7, 11) is 0. The minimum atomic E-state index is -0.133. The summed E-state index contributed by atoms with van der Waals surface area (Å²) in [5, 5.41) is 11.9.